The van der Waals surface area contributed by atoms with Gasteiger partial charge in [-0.15, -0.1) is 0 Å². The number of carbonyl (C=O) groups excluding carboxylic acids is 2. The molecule has 0 bridgehead atoms. The van der Waals surface area contributed by atoms with Crippen molar-refractivity contribution in [2.75, 3.05) is 24.9 Å². The van der Waals surface area contributed by atoms with Crippen LogP contribution in [0.2, 0.25) is 0 Å². The number of ether oxygens (including phenoxy) is 2. The Hall–Kier alpha value is -9.18. The molecule has 0 fully saturated rings. The van der Waals surface area contributed by atoms with E-state index in [2.05, 4.69) is 31.5 Å². The van der Waals surface area contributed by atoms with Crippen molar-refractivity contribution in [1.29, 1.82) is 0 Å². The summed E-state index contributed by atoms with van der Waals surface area (Å²) in [6.45, 7) is 0.640. The lowest BCUT2D eigenvalue weighted by Gasteiger charge is -2.15. The van der Waals surface area contributed by atoms with E-state index in [1.807, 2.05) is 118 Å². The van der Waals surface area contributed by atoms with Gasteiger partial charge in [0, 0.05) is 73.2 Å². The smallest absolute Gasteiger partial charge is 0.319 e. The second-order valence-corrected chi connectivity index (χ2v) is 16.1. The maximum Gasteiger partial charge on any atom is 0.319 e. The van der Waals surface area contributed by atoms with Crippen molar-refractivity contribution in [2.24, 2.45) is 14.1 Å². The van der Waals surface area contributed by atoms with Crippen LogP contribution in [-0.2, 0) is 49.6 Å². The molecule has 0 aliphatic rings. The van der Waals surface area contributed by atoms with E-state index in [1.54, 1.807) is 78.3 Å². The van der Waals surface area contributed by atoms with Crippen LogP contribution in [0.5, 0.6) is 11.5 Å². The SMILES string of the molecule is COc1cccc(-c2cnn(C)c2)c1-c1ccc(NC(=O)NCc2ccc(CC(=O)O)cc2)cc1.COc1ccccc1-c1ccc(NC(=O)NCc2ccc(CC(=O)O)cc2)cc1-c1cnn(C)c1. The van der Waals surface area contributed by atoms with Crippen molar-refractivity contribution >= 4 is 35.4 Å². The number of benzene rings is 6. The van der Waals surface area contributed by atoms with Gasteiger partial charge in [-0.3, -0.25) is 19.0 Å². The molecule has 16 heteroatoms. The molecule has 2 aromatic heterocycles. The average molecular weight is 941 g/mol. The number of aromatic nitrogens is 4. The summed E-state index contributed by atoms with van der Waals surface area (Å²) in [5.41, 5.74) is 12.1. The first-order valence-corrected chi connectivity index (χ1v) is 22.1. The molecule has 6 N–H and O–H groups in total. The van der Waals surface area contributed by atoms with E-state index in [-0.39, 0.29) is 24.9 Å². The van der Waals surface area contributed by atoms with Crippen LogP contribution in [-0.4, -0.2) is 68.0 Å². The highest BCUT2D eigenvalue weighted by Gasteiger charge is 2.17. The largest absolute Gasteiger partial charge is 0.496 e. The summed E-state index contributed by atoms with van der Waals surface area (Å²) >= 11 is 0. The zero-order valence-corrected chi connectivity index (χ0v) is 39.0. The fraction of sp³-hybridized carbons (Fsp3) is 0.148. The van der Waals surface area contributed by atoms with Gasteiger partial charge >= 0.3 is 24.0 Å². The second kappa shape index (κ2) is 23.0. The number of hydrogen-bond donors (Lipinski definition) is 6. The molecule has 356 valence electrons. The number of para-hydroxylation sites is 1. The Labute approximate surface area is 404 Å². The third-order valence-corrected chi connectivity index (χ3v) is 11.0. The van der Waals surface area contributed by atoms with E-state index >= 15 is 0 Å². The molecule has 0 radical (unpaired) electrons. The second-order valence-electron chi connectivity index (χ2n) is 16.1. The van der Waals surface area contributed by atoms with Crippen LogP contribution >= 0.6 is 0 Å². The van der Waals surface area contributed by atoms with Crippen molar-refractivity contribution in [3.05, 3.63) is 181 Å². The lowest BCUT2D eigenvalue weighted by molar-refractivity contribution is -0.137. The number of nitrogens with one attached hydrogen (secondary N) is 4. The van der Waals surface area contributed by atoms with Gasteiger partial charge in [-0.2, -0.15) is 10.2 Å². The number of anilines is 2. The van der Waals surface area contributed by atoms with Crippen LogP contribution in [0.1, 0.15) is 22.3 Å². The number of aliphatic carboxylic acids is 2. The van der Waals surface area contributed by atoms with Crippen LogP contribution < -0.4 is 30.7 Å². The lowest BCUT2D eigenvalue weighted by Crippen LogP contribution is -2.28. The Morgan fingerprint density at radius 2 is 0.971 bits per heavy atom. The van der Waals surface area contributed by atoms with Gasteiger partial charge in [0.1, 0.15) is 11.5 Å². The first-order chi connectivity index (χ1) is 33.8. The van der Waals surface area contributed by atoms with Crippen LogP contribution in [0, 0.1) is 0 Å². The van der Waals surface area contributed by atoms with Crippen molar-refractivity contribution in [1.82, 2.24) is 30.2 Å². The molecule has 0 aliphatic heterocycles. The number of nitrogens with zero attached hydrogens (tertiary/aromatic N) is 4. The predicted molar refractivity (Wildman–Crippen MR) is 269 cm³/mol. The zero-order valence-electron chi connectivity index (χ0n) is 39.0. The summed E-state index contributed by atoms with van der Waals surface area (Å²) in [7, 11) is 7.02. The van der Waals surface area contributed by atoms with Crippen molar-refractivity contribution in [3.63, 3.8) is 0 Å². The summed E-state index contributed by atoms with van der Waals surface area (Å²) < 4.78 is 14.7. The van der Waals surface area contributed by atoms with E-state index < -0.39 is 11.9 Å². The fourth-order valence-corrected chi connectivity index (χ4v) is 7.66. The minimum Gasteiger partial charge on any atom is -0.496 e. The van der Waals surface area contributed by atoms with Crippen molar-refractivity contribution in [2.45, 2.75) is 25.9 Å². The van der Waals surface area contributed by atoms with Gasteiger partial charge in [0.25, 0.3) is 0 Å². The highest BCUT2D eigenvalue weighted by molar-refractivity contribution is 5.94. The molecule has 6 aromatic carbocycles. The summed E-state index contributed by atoms with van der Waals surface area (Å²) in [5.74, 6) is -0.248. The van der Waals surface area contributed by atoms with E-state index in [4.69, 9.17) is 19.7 Å². The van der Waals surface area contributed by atoms with Gasteiger partial charge in [0.15, 0.2) is 0 Å². The normalized spacial score (nSPS) is 10.6. The Kier molecular flexibility index (Phi) is 16.0. The molecule has 8 aromatic rings. The molecule has 0 spiro atoms. The number of hydrogen-bond acceptors (Lipinski definition) is 8. The van der Waals surface area contributed by atoms with Crippen LogP contribution in [0.25, 0.3) is 44.5 Å². The van der Waals surface area contributed by atoms with E-state index in [0.717, 1.165) is 67.1 Å². The van der Waals surface area contributed by atoms with Crippen LogP contribution in [0.15, 0.2) is 158 Å². The summed E-state index contributed by atoms with van der Waals surface area (Å²) in [6, 6.07) is 40.5. The molecular formula is C54H52N8O8. The Morgan fingerprint density at radius 1 is 0.500 bits per heavy atom. The van der Waals surface area contributed by atoms with Crippen molar-refractivity contribution in [3.8, 4) is 56.0 Å². The third kappa shape index (κ3) is 13.0. The first kappa shape index (κ1) is 48.7. The van der Waals surface area contributed by atoms with Crippen LogP contribution in [0.4, 0.5) is 21.0 Å². The summed E-state index contributed by atoms with van der Waals surface area (Å²) in [5, 5.41) is 37.7. The Balaban J connectivity index is 0.000000206. The molecule has 4 amide bonds. The summed E-state index contributed by atoms with van der Waals surface area (Å²) in [4.78, 5) is 46.5. The van der Waals surface area contributed by atoms with E-state index in [1.165, 1.54) is 0 Å². The number of amides is 4. The molecule has 0 aliphatic carbocycles. The molecule has 0 unspecified atom stereocenters. The molecular weight excluding hydrogens is 889 g/mol. The number of methoxy groups -OCH3 is 2. The Morgan fingerprint density at radius 3 is 1.49 bits per heavy atom. The average Bonchev–Trinajstić information content (AvgIpc) is 4.01. The minimum absolute atomic E-state index is 0.0250. The first-order valence-electron chi connectivity index (χ1n) is 22.1. The van der Waals surface area contributed by atoms with Gasteiger partial charge in [-0.05, 0) is 80.9 Å². The van der Waals surface area contributed by atoms with Crippen molar-refractivity contribution < 1.29 is 38.9 Å². The zero-order chi connectivity index (χ0) is 49.6. The molecule has 16 nitrogen and oxygen atoms in total. The number of urea groups is 2. The van der Waals surface area contributed by atoms with Gasteiger partial charge in [0.2, 0.25) is 0 Å². The van der Waals surface area contributed by atoms with Crippen LogP contribution in [0.3, 0.4) is 0 Å². The Bertz CT molecular complexity index is 3090. The molecule has 0 saturated carbocycles. The summed E-state index contributed by atoms with van der Waals surface area (Å²) in [6.07, 6.45) is 7.43. The highest BCUT2D eigenvalue weighted by Crippen LogP contribution is 2.40. The number of aryl methyl sites for hydroxylation is 2. The van der Waals surface area contributed by atoms with Gasteiger partial charge < -0.3 is 41.0 Å². The fourth-order valence-electron chi connectivity index (χ4n) is 7.66. The van der Waals surface area contributed by atoms with E-state index in [9.17, 15) is 19.2 Å². The molecule has 0 saturated heterocycles. The maximum absolute atomic E-state index is 12.6. The standard InChI is InChI=1S/2C27H26N4O4/c1-31-17-21(16-29-31)23-4-3-5-24(35-2)26(23)20-10-12-22(13-11-20)30-27(34)28-15-19-8-6-18(7-9-19)14-25(32)33;1-31-17-20(16-29-31)24-14-21(11-12-22(24)23-5-3-4-6-25(23)35-2)30-27(34)28-15-19-9-7-18(8-10-19)13-26(32)33/h3-13,16-17H,14-15H2,1-2H3,(H,32,33)(H2,28,30,34);3-12,14,16-17H,13,15H2,1-2H3,(H,32,33)(H2,28,30,34). The number of carbonyl (C=O) groups is 4. The molecule has 70 heavy (non-hydrogen) atoms. The number of carboxylic acids is 2. The molecule has 2 heterocycles. The highest BCUT2D eigenvalue weighted by atomic mass is 16.5. The number of carboxylic acid groups (broad SMARTS) is 2. The maximum atomic E-state index is 12.6. The van der Waals surface area contributed by atoms with Gasteiger partial charge in [-0.1, -0.05) is 97.1 Å². The third-order valence-electron chi connectivity index (χ3n) is 11.0. The monoisotopic (exact) mass is 940 g/mol. The topological polar surface area (TPSA) is 211 Å². The van der Waals surface area contributed by atoms with E-state index in [0.29, 0.717) is 35.6 Å². The predicted octanol–water partition coefficient (Wildman–Crippen LogP) is 9.42. The molecule has 0 atom stereocenters. The minimum atomic E-state index is -0.877. The number of rotatable bonds is 16. The lowest BCUT2D eigenvalue weighted by atomic mass is 9.95. The quantitative estimate of drug-likeness (QED) is 0.0540. The van der Waals surface area contributed by atoms with Gasteiger partial charge in [-0.25, -0.2) is 9.59 Å². The molecule has 8 rings (SSSR count). The van der Waals surface area contributed by atoms with Gasteiger partial charge in [0.05, 0.1) is 39.5 Å².